The maximum absolute atomic E-state index is 11.0. The third kappa shape index (κ3) is 2.33. The number of hydrogen-bond donors (Lipinski definition) is 1. The molecule has 3 heteroatoms. The Kier molecular flexibility index (Phi) is 3.42. The second-order valence-electron chi connectivity index (χ2n) is 6.68. The van der Waals surface area contributed by atoms with E-state index in [-0.39, 0.29) is 0 Å². The number of hydrogen-bond acceptors (Lipinski definition) is 2. The zero-order valence-electron chi connectivity index (χ0n) is 12.1. The van der Waals surface area contributed by atoms with Crippen LogP contribution in [0.4, 0.5) is 0 Å². The summed E-state index contributed by atoms with van der Waals surface area (Å²) in [7, 11) is 0. The Morgan fingerprint density at radius 1 is 1.16 bits per heavy atom. The second kappa shape index (κ2) is 4.93. The van der Waals surface area contributed by atoms with Crippen molar-refractivity contribution in [2.45, 2.75) is 76.9 Å². The van der Waals surface area contributed by atoms with Crippen LogP contribution in [-0.2, 0) is 12.1 Å². The van der Waals surface area contributed by atoms with Gasteiger partial charge in [-0.3, -0.25) is 4.68 Å². The van der Waals surface area contributed by atoms with Crippen LogP contribution < -0.4 is 0 Å². The predicted octanol–water partition coefficient (Wildman–Crippen LogP) is 3.62. The van der Waals surface area contributed by atoms with E-state index in [9.17, 15) is 5.11 Å². The smallest absolute Gasteiger partial charge is 0.106 e. The predicted molar refractivity (Wildman–Crippen MR) is 75.8 cm³/mol. The van der Waals surface area contributed by atoms with Crippen LogP contribution in [0.3, 0.4) is 0 Å². The fourth-order valence-corrected chi connectivity index (χ4v) is 4.19. The Labute approximate surface area is 116 Å². The molecular formula is C16H26N2O. The molecule has 106 valence electrons. The monoisotopic (exact) mass is 262 g/mol. The molecule has 0 radical (unpaired) electrons. The largest absolute Gasteiger partial charge is 0.384 e. The van der Waals surface area contributed by atoms with Crippen LogP contribution in [-0.4, -0.2) is 14.9 Å². The first kappa shape index (κ1) is 13.2. The molecule has 2 aliphatic carbocycles. The van der Waals surface area contributed by atoms with Gasteiger partial charge >= 0.3 is 0 Å². The lowest BCUT2D eigenvalue weighted by Crippen LogP contribution is -2.37. The van der Waals surface area contributed by atoms with Crippen LogP contribution in [0.5, 0.6) is 0 Å². The van der Waals surface area contributed by atoms with Gasteiger partial charge in [0.25, 0.3) is 0 Å². The Balaban J connectivity index is 1.75. The van der Waals surface area contributed by atoms with Gasteiger partial charge in [-0.2, -0.15) is 5.10 Å². The summed E-state index contributed by atoms with van der Waals surface area (Å²) >= 11 is 0. The highest BCUT2D eigenvalue weighted by molar-refractivity contribution is 5.14. The average molecular weight is 262 g/mol. The molecule has 3 nitrogen and oxygen atoms in total. The molecule has 1 aromatic heterocycles. The number of aromatic nitrogens is 2. The van der Waals surface area contributed by atoms with Gasteiger partial charge in [0, 0.05) is 12.7 Å². The van der Waals surface area contributed by atoms with E-state index in [0.717, 1.165) is 31.5 Å². The van der Waals surface area contributed by atoms with E-state index in [2.05, 4.69) is 12.0 Å². The van der Waals surface area contributed by atoms with Crippen LogP contribution in [0, 0.1) is 5.41 Å². The number of aryl methyl sites for hydroxylation is 1. The highest BCUT2D eigenvalue weighted by Crippen LogP contribution is 2.53. The lowest BCUT2D eigenvalue weighted by atomic mass is 9.67. The summed E-state index contributed by atoms with van der Waals surface area (Å²) in [6.45, 7) is 3.07. The summed E-state index contributed by atoms with van der Waals surface area (Å²) in [5.74, 6) is 0. The van der Waals surface area contributed by atoms with Crippen molar-refractivity contribution >= 4 is 0 Å². The molecule has 0 unspecified atom stereocenters. The summed E-state index contributed by atoms with van der Waals surface area (Å²) in [6.07, 6.45) is 12.7. The lowest BCUT2D eigenvalue weighted by Gasteiger charge is -2.42. The van der Waals surface area contributed by atoms with Gasteiger partial charge in [-0.25, -0.2) is 0 Å². The van der Waals surface area contributed by atoms with Gasteiger partial charge in [0.2, 0.25) is 0 Å². The van der Waals surface area contributed by atoms with E-state index in [1.54, 1.807) is 0 Å². The molecule has 1 heterocycles. The van der Waals surface area contributed by atoms with Gasteiger partial charge in [0.05, 0.1) is 5.69 Å². The quantitative estimate of drug-likeness (QED) is 0.903. The minimum Gasteiger partial charge on any atom is -0.384 e. The lowest BCUT2D eigenvalue weighted by molar-refractivity contribution is -0.0440. The first-order valence-corrected chi connectivity index (χ1v) is 7.92. The fourth-order valence-electron chi connectivity index (χ4n) is 4.19. The molecule has 3 rings (SSSR count). The molecule has 0 atom stereocenters. The Bertz CT molecular complexity index is 422. The van der Waals surface area contributed by atoms with E-state index < -0.39 is 5.60 Å². The summed E-state index contributed by atoms with van der Waals surface area (Å²) in [4.78, 5) is 0. The van der Waals surface area contributed by atoms with Gasteiger partial charge in [0.15, 0.2) is 0 Å². The average Bonchev–Trinajstić information content (AvgIpc) is 3.04. The van der Waals surface area contributed by atoms with E-state index in [1.165, 1.54) is 38.5 Å². The molecule has 1 aromatic rings. The molecule has 1 spiro atoms. The molecule has 0 saturated heterocycles. The normalized spacial score (nSPS) is 24.9. The van der Waals surface area contributed by atoms with Gasteiger partial charge < -0.3 is 5.11 Å². The Morgan fingerprint density at radius 2 is 1.84 bits per heavy atom. The fraction of sp³-hybridized carbons (Fsp3) is 0.812. The van der Waals surface area contributed by atoms with Crippen molar-refractivity contribution in [3.8, 4) is 0 Å². The third-order valence-corrected chi connectivity index (χ3v) is 5.43. The van der Waals surface area contributed by atoms with Crippen LogP contribution in [0.15, 0.2) is 12.3 Å². The molecule has 0 aromatic carbocycles. The maximum Gasteiger partial charge on any atom is 0.106 e. The van der Waals surface area contributed by atoms with E-state index in [4.69, 9.17) is 0 Å². The van der Waals surface area contributed by atoms with Crippen LogP contribution in [0.2, 0.25) is 0 Å². The van der Waals surface area contributed by atoms with Crippen molar-refractivity contribution in [2.24, 2.45) is 5.41 Å². The van der Waals surface area contributed by atoms with Gasteiger partial charge in [0.1, 0.15) is 5.60 Å². The standard InChI is InChI=1S/C16H26N2O/c1-2-13-18-14(5-12-17-18)16(19)10-8-15(9-11-16)6-3-4-7-15/h5,12,19H,2-4,6-11,13H2,1H3. The van der Waals surface area contributed by atoms with E-state index in [0.29, 0.717) is 5.41 Å². The van der Waals surface area contributed by atoms with Gasteiger partial charge in [-0.15, -0.1) is 0 Å². The molecule has 2 fully saturated rings. The van der Waals surface area contributed by atoms with Crippen LogP contribution in [0.1, 0.15) is 70.4 Å². The minimum absolute atomic E-state index is 0.571. The molecule has 2 saturated carbocycles. The minimum atomic E-state index is -0.625. The summed E-state index contributed by atoms with van der Waals surface area (Å²) < 4.78 is 2.01. The van der Waals surface area contributed by atoms with Crippen molar-refractivity contribution in [2.75, 3.05) is 0 Å². The SMILES string of the molecule is CCCn1nccc1C1(O)CCC2(CCCC2)CC1. The van der Waals surface area contributed by atoms with E-state index >= 15 is 0 Å². The van der Waals surface area contributed by atoms with Gasteiger partial charge in [-0.1, -0.05) is 19.8 Å². The van der Waals surface area contributed by atoms with Crippen LogP contribution >= 0.6 is 0 Å². The zero-order valence-corrected chi connectivity index (χ0v) is 12.1. The van der Waals surface area contributed by atoms with Crippen molar-refractivity contribution in [3.05, 3.63) is 18.0 Å². The molecule has 0 bridgehead atoms. The summed E-state index contributed by atoms with van der Waals surface area (Å²) in [5.41, 5.74) is 0.989. The molecule has 1 N–H and O–H groups in total. The number of rotatable bonds is 3. The first-order valence-electron chi connectivity index (χ1n) is 7.92. The van der Waals surface area contributed by atoms with E-state index in [1.807, 2.05) is 16.9 Å². The molecule has 0 aliphatic heterocycles. The summed E-state index contributed by atoms with van der Waals surface area (Å²) in [6, 6.07) is 2.02. The second-order valence-corrected chi connectivity index (χ2v) is 6.68. The van der Waals surface area contributed by atoms with Crippen molar-refractivity contribution < 1.29 is 5.11 Å². The Morgan fingerprint density at radius 3 is 2.47 bits per heavy atom. The molecular weight excluding hydrogens is 236 g/mol. The number of aliphatic hydroxyl groups is 1. The van der Waals surface area contributed by atoms with Crippen molar-refractivity contribution in [3.63, 3.8) is 0 Å². The molecule has 19 heavy (non-hydrogen) atoms. The Hall–Kier alpha value is -0.830. The number of nitrogens with zero attached hydrogens (tertiary/aromatic N) is 2. The van der Waals surface area contributed by atoms with Gasteiger partial charge in [-0.05, 0) is 56.4 Å². The summed E-state index contributed by atoms with van der Waals surface area (Å²) in [5, 5.41) is 15.4. The molecule has 2 aliphatic rings. The van der Waals surface area contributed by atoms with Crippen molar-refractivity contribution in [1.82, 2.24) is 9.78 Å². The third-order valence-electron chi connectivity index (χ3n) is 5.43. The maximum atomic E-state index is 11.0. The zero-order chi connectivity index (χ0) is 13.3. The first-order chi connectivity index (χ1) is 9.18. The highest BCUT2D eigenvalue weighted by Gasteiger charge is 2.44. The topological polar surface area (TPSA) is 38.0 Å². The molecule has 0 amide bonds. The van der Waals surface area contributed by atoms with Crippen LogP contribution in [0.25, 0.3) is 0 Å². The highest BCUT2D eigenvalue weighted by atomic mass is 16.3. The van der Waals surface area contributed by atoms with Crippen molar-refractivity contribution in [1.29, 1.82) is 0 Å².